The quantitative estimate of drug-likeness (QED) is 0.830. The molecule has 2 rings (SSSR count). The van der Waals surface area contributed by atoms with E-state index < -0.39 is 23.7 Å². The highest BCUT2D eigenvalue weighted by Crippen LogP contribution is 2.31. The van der Waals surface area contributed by atoms with Crippen LogP contribution in [0.2, 0.25) is 0 Å². The Morgan fingerprint density at radius 2 is 1.95 bits per heavy atom. The number of benzene rings is 1. The molecule has 0 aliphatic carbocycles. The molecule has 0 radical (unpaired) electrons. The molecular weight excluding hydrogens is 273 g/mol. The van der Waals surface area contributed by atoms with E-state index in [2.05, 4.69) is 10.6 Å². The van der Waals surface area contributed by atoms with Gasteiger partial charge in [-0.05, 0) is 18.1 Å². The lowest BCUT2D eigenvalue weighted by Crippen LogP contribution is -2.50. The van der Waals surface area contributed by atoms with Crippen molar-refractivity contribution in [3.8, 4) is 0 Å². The minimum absolute atomic E-state index is 0.0738. The molecule has 1 unspecified atom stereocenters. The van der Waals surface area contributed by atoms with Crippen LogP contribution in [0.15, 0.2) is 24.3 Å². The number of rotatable bonds is 3. The highest BCUT2D eigenvalue weighted by atomic mass is 19.4. The maximum absolute atomic E-state index is 12.8. The van der Waals surface area contributed by atoms with E-state index in [0.29, 0.717) is 6.42 Å². The second-order valence-corrected chi connectivity index (χ2v) is 4.54. The predicted octanol–water partition coefficient (Wildman–Crippen LogP) is 1.60. The largest absolute Gasteiger partial charge is 0.416 e. The molecule has 108 valence electrons. The van der Waals surface area contributed by atoms with Crippen LogP contribution in [0, 0.1) is 0 Å². The first-order valence-corrected chi connectivity index (χ1v) is 6.10. The van der Waals surface area contributed by atoms with E-state index in [4.69, 9.17) is 0 Å². The summed E-state index contributed by atoms with van der Waals surface area (Å²) in [5.74, 6) is -0.852. The summed E-state index contributed by atoms with van der Waals surface area (Å²) in [4.78, 5) is 22.5. The van der Waals surface area contributed by atoms with Gasteiger partial charge in [0.2, 0.25) is 11.8 Å². The number of alkyl halides is 3. The van der Waals surface area contributed by atoms with E-state index in [9.17, 15) is 22.8 Å². The topological polar surface area (TPSA) is 58.2 Å². The van der Waals surface area contributed by atoms with Gasteiger partial charge in [0.15, 0.2) is 0 Å². The van der Waals surface area contributed by atoms with Gasteiger partial charge in [0, 0.05) is 13.0 Å². The molecule has 1 aliphatic heterocycles. The molecule has 0 aromatic heterocycles. The lowest BCUT2D eigenvalue weighted by Gasteiger charge is -2.22. The Morgan fingerprint density at radius 1 is 1.25 bits per heavy atom. The minimum Gasteiger partial charge on any atom is -0.302 e. The second-order valence-electron chi connectivity index (χ2n) is 4.54. The number of imide groups is 1. The molecule has 7 heteroatoms. The van der Waals surface area contributed by atoms with E-state index in [1.807, 2.05) is 0 Å². The van der Waals surface area contributed by atoms with Crippen molar-refractivity contribution >= 4 is 11.8 Å². The van der Waals surface area contributed by atoms with Crippen LogP contribution in [0.5, 0.6) is 0 Å². The Kier molecular flexibility index (Phi) is 4.08. The molecule has 1 saturated heterocycles. The Balaban J connectivity index is 2.05. The first kappa shape index (κ1) is 14.5. The Morgan fingerprint density at radius 3 is 2.60 bits per heavy atom. The fourth-order valence-electron chi connectivity index (χ4n) is 2.07. The molecule has 1 fully saturated rings. The number of piperidine rings is 1. The normalized spacial score (nSPS) is 19.9. The first-order valence-electron chi connectivity index (χ1n) is 6.10. The van der Waals surface area contributed by atoms with Gasteiger partial charge < -0.3 is 5.32 Å². The number of carbonyl (C=O) groups is 2. The number of hydrogen-bond donors (Lipinski definition) is 2. The van der Waals surface area contributed by atoms with E-state index in [1.165, 1.54) is 18.2 Å². The van der Waals surface area contributed by atoms with Crippen molar-refractivity contribution in [3.05, 3.63) is 35.4 Å². The molecule has 1 aliphatic rings. The van der Waals surface area contributed by atoms with Gasteiger partial charge in [-0.25, -0.2) is 0 Å². The van der Waals surface area contributed by atoms with Crippen LogP contribution in [-0.4, -0.2) is 17.9 Å². The summed E-state index contributed by atoms with van der Waals surface area (Å²) >= 11 is 0. The van der Waals surface area contributed by atoms with E-state index in [-0.39, 0.29) is 24.4 Å². The SMILES string of the molecule is O=C1CCC(NCc2ccccc2C(F)(F)F)C(=O)N1. The van der Waals surface area contributed by atoms with Crippen LogP contribution in [0.25, 0.3) is 0 Å². The van der Waals surface area contributed by atoms with Crippen molar-refractivity contribution in [1.82, 2.24) is 10.6 Å². The van der Waals surface area contributed by atoms with Gasteiger partial charge in [0.25, 0.3) is 0 Å². The van der Waals surface area contributed by atoms with Crippen molar-refractivity contribution in [2.45, 2.75) is 31.6 Å². The lowest BCUT2D eigenvalue weighted by molar-refractivity contribution is -0.138. The predicted molar refractivity (Wildman–Crippen MR) is 64.5 cm³/mol. The van der Waals surface area contributed by atoms with Gasteiger partial charge in [-0.2, -0.15) is 13.2 Å². The standard InChI is InChI=1S/C13H13F3N2O2/c14-13(15,16)9-4-2-1-3-8(9)7-17-10-5-6-11(19)18-12(10)20/h1-4,10,17H,5-7H2,(H,18,19,20). The molecule has 0 spiro atoms. The van der Waals surface area contributed by atoms with Crippen molar-refractivity contribution in [2.75, 3.05) is 0 Å². The second kappa shape index (κ2) is 5.62. The van der Waals surface area contributed by atoms with Crippen molar-refractivity contribution in [3.63, 3.8) is 0 Å². The van der Waals surface area contributed by atoms with Crippen LogP contribution < -0.4 is 10.6 Å². The average Bonchev–Trinajstić information content (AvgIpc) is 2.37. The van der Waals surface area contributed by atoms with Crippen LogP contribution in [0.4, 0.5) is 13.2 Å². The third-order valence-corrected chi connectivity index (χ3v) is 3.10. The summed E-state index contributed by atoms with van der Waals surface area (Å²) in [6.45, 7) is -0.0814. The fourth-order valence-corrected chi connectivity index (χ4v) is 2.07. The molecule has 20 heavy (non-hydrogen) atoms. The number of hydrogen-bond acceptors (Lipinski definition) is 3. The first-order chi connectivity index (χ1) is 9.38. The summed E-state index contributed by atoms with van der Waals surface area (Å²) in [5.41, 5.74) is -0.649. The van der Waals surface area contributed by atoms with Crippen molar-refractivity contribution in [2.24, 2.45) is 0 Å². The van der Waals surface area contributed by atoms with Crippen LogP contribution >= 0.6 is 0 Å². The van der Waals surface area contributed by atoms with Crippen molar-refractivity contribution < 1.29 is 22.8 Å². The highest BCUT2D eigenvalue weighted by molar-refractivity contribution is 6.00. The van der Waals surface area contributed by atoms with Gasteiger partial charge in [0.1, 0.15) is 0 Å². The minimum atomic E-state index is -4.43. The molecule has 2 amide bonds. The van der Waals surface area contributed by atoms with E-state index >= 15 is 0 Å². The third kappa shape index (κ3) is 3.36. The Bertz CT molecular complexity index is 529. The average molecular weight is 286 g/mol. The highest BCUT2D eigenvalue weighted by Gasteiger charge is 2.33. The summed E-state index contributed by atoms with van der Waals surface area (Å²) in [7, 11) is 0. The maximum atomic E-state index is 12.8. The van der Waals surface area contributed by atoms with Crippen molar-refractivity contribution in [1.29, 1.82) is 0 Å². The number of carbonyl (C=O) groups excluding carboxylic acids is 2. The summed E-state index contributed by atoms with van der Waals surface area (Å²) < 4.78 is 38.4. The van der Waals surface area contributed by atoms with Gasteiger partial charge in [-0.3, -0.25) is 14.9 Å². The summed E-state index contributed by atoms with van der Waals surface area (Å²) in [6, 6.07) is 4.55. The van der Waals surface area contributed by atoms with Crippen LogP contribution in [0.3, 0.4) is 0 Å². The number of halogens is 3. The van der Waals surface area contributed by atoms with Gasteiger partial charge in [-0.15, -0.1) is 0 Å². The molecule has 1 heterocycles. The lowest BCUT2D eigenvalue weighted by atomic mass is 10.0. The number of amides is 2. The smallest absolute Gasteiger partial charge is 0.302 e. The molecular formula is C13H13F3N2O2. The number of nitrogens with one attached hydrogen (secondary N) is 2. The zero-order valence-corrected chi connectivity index (χ0v) is 10.5. The van der Waals surface area contributed by atoms with Crippen LogP contribution in [-0.2, 0) is 22.3 Å². The van der Waals surface area contributed by atoms with E-state index in [1.54, 1.807) is 0 Å². The zero-order chi connectivity index (χ0) is 14.8. The molecule has 1 aromatic carbocycles. The van der Waals surface area contributed by atoms with E-state index in [0.717, 1.165) is 6.07 Å². The van der Waals surface area contributed by atoms with Gasteiger partial charge in [0.05, 0.1) is 11.6 Å². The summed E-state index contributed by atoms with van der Waals surface area (Å²) in [6.07, 6.45) is -3.95. The molecule has 1 aromatic rings. The molecule has 2 N–H and O–H groups in total. The molecule has 0 saturated carbocycles. The maximum Gasteiger partial charge on any atom is 0.416 e. The third-order valence-electron chi connectivity index (χ3n) is 3.10. The molecule has 4 nitrogen and oxygen atoms in total. The Labute approximate surface area is 113 Å². The zero-order valence-electron chi connectivity index (χ0n) is 10.5. The Hall–Kier alpha value is -1.89. The van der Waals surface area contributed by atoms with Crippen LogP contribution in [0.1, 0.15) is 24.0 Å². The monoisotopic (exact) mass is 286 g/mol. The molecule has 0 bridgehead atoms. The fraction of sp³-hybridized carbons (Fsp3) is 0.385. The van der Waals surface area contributed by atoms with Gasteiger partial charge >= 0.3 is 6.18 Å². The van der Waals surface area contributed by atoms with Gasteiger partial charge in [-0.1, -0.05) is 18.2 Å². The molecule has 1 atom stereocenters. The summed E-state index contributed by atoms with van der Waals surface area (Å²) in [5, 5.41) is 4.90.